The van der Waals surface area contributed by atoms with Gasteiger partial charge in [-0.25, -0.2) is 9.37 Å². The second-order valence-corrected chi connectivity index (χ2v) is 6.74. The van der Waals surface area contributed by atoms with Crippen LogP contribution in [-0.2, 0) is 0 Å². The third-order valence-corrected chi connectivity index (χ3v) is 5.01. The maximum absolute atomic E-state index is 13.3. The van der Waals surface area contributed by atoms with Crippen molar-refractivity contribution in [3.05, 3.63) is 53.6 Å². The summed E-state index contributed by atoms with van der Waals surface area (Å²) in [6, 6.07) is 8.05. The van der Waals surface area contributed by atoms with E-state index >= 15 is 0 Å². The predicted molar refractivity (Wildman–Crippen MR) is 100 cm³/mol. The molecule has 1 aliphatic rings. The second-order valence-electron chi connectivity index (χ2n) is 6.74. The van der Waals surface area contributed by atoms with Crippen molar-refractivity contribution in [2.75, 3.05) is 18.9 Å². The number of nitrogens with zero attached hydrogens (tertiary/aromatic N) is 2. The minimum Gasteiger partial charge on any atom is -0.385 e. The summed E-state index contributed by atoms with van der Waals surface area (Å²) in [6.07, 6.45) is 4.22. The summed E-state index contributed by atoms with van der Waals surface area (Å²) in [5.74, 6) is -0.131. The maximum Gasteiger partial charge on any atom is 0.270 e. The molecule has 1 aromatic carbocycles. The monoisotopic (exact) mass is 352 g/mol. The van der Waals surface area contributed by atoms with Crippen molar-refractivity contribution in [3.63, 3.8) is 0 Å². The molecule has 6 heteroatoms. The molecule has 5 nitrogen and oxygen atoms in total. The van der Waals surface area contributed by atoms with Crippen LogP contribution < -0.4 is 10.6 Å². The van der Waals surface area contributed by atoms with Gasteiger partial charge in [0, 0.05) is 37.1 Å². The number of carbonyl (C=O) groups excluding carboxylic acids is 1. The molecule has 4 rings (SSSR count). The van der Waals surface area contributed by atoms with E-state index in [0.717, 1.165) is 25.1 Å². The molecule has 3 heterocycles. The average Bonchev–Trinajstić information content (AvgIpc) is 2.92. The highest BCUT2D eigenvalue weighted by Crippen LogP contribution is 2.34. The number of pyridine rings is 1. The van der Waals surface area contributed by atoms with Crippen LogP contribution in [0.25, 0.3) is 16.9 Å². The van der Waals surface area contributed by atoms with Gasteiger partial charge >= 0.3 is 0 Å². The minimum absolute atomic E-state index is 0.217. The molecule has 2 aromatic heterocycles. The average molecular weight is 352 g/mol. The third-order valence-electron chi connectivity index (χ3n) is 5.01. The number of anilines is 1. The molecule has 0 saturated heterocycles. The number of rotatable bonds is 2. The summed E-state index contributed by atoms with van der Waals surface area (Å²) in [5.41, 5.74) is 4.68. The fourth-order valence-corrected chi connectivity index (χ4v) is 3.58. The third kappa shape index (κ3) is 2.71. The second kappa shape index (κ2) is 6.44. The summed E-state index contributed by atoms with van der Waals surface area (Å²) in [6.45, 7) is 3.14. The lowest BCUT2D eigenvalue weighted by Crippen LogP contribution is -2.20. The highest BCUT2D eigenvalue weighted by atomic mass is 19.1. The van der Waals surface area contributed by atoms with Gasteiger partial charge in [0.25, 0.3) is 5.91 Å². The summed E-state index contributed by atoms with van der Waals surface area (Å²) >= 11 is 0. The van der Waals surface area contributed by atoms with Gasteiger partial charge in [0.05, 0.1) is 0 Å². The van der Waals surface area contributed by atoms with Crippen LogP contribution in [0.15, 0.2) is 36.5 Å². The van der Waals surface area contributed by atoms with Crippen LogP contribution in [-0.4, -0.2) is 28.9 Å². The van der Waals surface area contributed by atoms with E-state index < -0.39 is 0 Å². The van der Waals surface area contributed by atoms with Crippen molar-refractivity contribution in [1.82, 2.24) is 14.7 Å². The van der Waals surface area contributed by atoms with Crippen LogP contribution in [0.4, 0.5) is 10.1 Å². The molecule has 0 fully saturated rings. The molecule has 2 N–H and O–H groups in total. The topological polar surface area (TPSA) is 58.4 Å². The van der Waals surface area contributed by atoms with Crippen molar-refractivity contribution >= 4 is 17.2 Å². The molecule has 0 bridgehead atoms. The molecule has 1 unspecified atom stereocenters. The molecule has 0 radical (unpaired) electrons. The quantitative estimate of drug-likeness (QED) is 0.737. The zero-order valence-electron chi connectivity index (χ0n) is 14.8. The molecule has 0 aliphatic carbocycles. The largest absolute Gasteiger partial charge is 0.385 e. The van der Waals surface area contributed by atoms with Gasteiger partial charge in [0.1, 0.15) is 22.9 Å². The number of amides is 1. The first kappa shape index (κ1) is 16.6. The zero-order chi connectivity index (χ0) is 18.3. The van der Waals surface area contributed by atoms with Crippen molar-refractivity contribution in [2.45, 2.75) is 25.7 Å². The first-order chi connectivity index (χ1) is 12.6. The lowest BCUT2D eigenvalue weighted by Gasteiger charge is -2.14. The summed E-state index contributed by atoms with van der Waals surface area (Å²) in [5, 5.41) is 6.16. The molecule has 134 valence electrons. The number of halogens is 1. The van der Waals surface area contributed by atoms with Crippen LogP contribution in [0.3, 0.4) is 0 Å². The van der Waals surface area contributed by atoms with Gasteiger partial charge in [-0.15, -0.1) is 0 Å². The van der Waals surface area contributed by atoms with E-state index in [9.17, 15) is 9.18 Å². The van der Waals surface area contributed by atoms with E-state index in [1.807, 2.05) is 16.7 Å². The fraction of sp³-hybridized carbons (Fsp3) is 0.300. The minimum atomic E-state index is -0.316. The Morgan fingerprint density at radius 1 is 1.35 bits per heavy atom. The van der Waals surface area contributed by atoms with Gasteiger partial charge in [-0.05, 0) is 48.6 Å². The lowest BCUT2D eigenvalue weighted by molar-refractivity contribution is 0.0958. The number of carbonyl (C=O) groups is 1. The summed E-state index contributed by atoms with van der Waals surface area (Å²) in [7, 11) is 1.60. The smallest absolute Gasteiger partial charge is 0.270 e. The Balaban J connectivity index is 1.98. The Kier molecular flexibility index (Phi) is 4.11. The van der Waals surface area contributed by atoms with Crippen LogP contribution in [0.2, 0.25) is 0 Å². The van der Waals surface area contributed by atoms with Gasteiger partial charge in [-0.2, -0.15) is 0 Å². The van der Waals surface area contributed by atoms with E-state index in [1.54, 1.807) is 19.2 Å². The number of imidazole rings is 1. The first-order valence-electron chi connectivity index (χ1n) is 8.86. The SMILES string of the molecule is CNC(=O)c1c(-c2ccc(F)cc2)nc2cc3c(cn12)C(C)CCCN3. The standard InChI is InChI=1S/C20H21FN4O/c1-12-4-3-9-23-16-10-17-24-18(13-5-7-14(21)8-6-13)19(20(26)22-2)25(17)11-15(12)16/h5-8,10-12,23H,3-4,9H2,1-2H3,(H,22,26). The molecule has 1 atom stereocenters. The maximum atomic E-state index is 13.3. The van der Waals surface area contributed by atoms with E-state index in [2.05, 4.69) is 22.5 Å². The van der Waals surface area contributed by atoms with E-state index in [1.165, 1.54) is 17.7 Å². The Hall–Kier alpha value is -2.89. The van der Waals surface area contributed by atoms with Crippen LogP contribution in [0.5, 0.6) is 0 Å². The predicted octanol–water partition coefficient (Wildman–Crippen LogP) is 3.81. The molecule has 0 saturated carbocycles. The molecular weight excluding hydrogens is 331 g/mol. The van der Waals surface area contributed by atoms with E-state index in [-0.39, 0.29) is 11.7 Å². The van der Waals surface area contributed by atoms with Crippen LogP contribution >= 0.6 is 0 Å². The van der Waals surface area contributed by atoms with Crippen LogP contribution in [0.1, 0.15) is 41.7 Å². The van der Waals surface area contributed by atoms with Gasteiger partial charge in [-0.1, -0.05) is 6.92 Å². The van der Waals surface area contributed by atoms with E-state index in [0.29, 0.717) is 28.5 Å². The Bertz CT molecular complexity index is 978. The number of nitrogens with one attached hydrogen (secondary N) is 2. The molecule has 1 aliphatic heterocycles. The van der Waals surface area contributed by atoms with Gasteiger partial charge in [0.2, 0.25) is 0 Å². The number of hydrogen-bond donors (Lipinski definition) is 2. The number of hydrogen-bond acceptors (Lipinski definition) is 3. The normalized spacial score (nSPS) is 16.7. The highest BCUT2D eigenvalue weighted by Gasteiger charge is 2.23. The van der Waals surface area contributed by atoms with Crippen molar-refractivity contribution in [1.29, 1.82) is 0 Å². The summed E-state index contributed by atoms with van der Waals surface area (Å²) < 4.78 is 15.2. The van der Waals surface area contributed by atoms with Crippen molar-refractivity contribution in [3.8, 4) is 11.3 Å². The van der Waals surface area contributed by atoms with Crippen LogP contribution in [0, 0.1) is 5.82 Å². The molecule has 26 heavy (non-hydrogen) atoms. The Labute approximate surface area is 151 Å². The molecule has 3 aromatic rings. The molecule has 0 spiro atoms. The number of benzene rings is 1. The van der Waals surface area contributed by atoms with Gasteiger partial charge < -0.3 is 10.6 Å². The Morgan fingerprint density at radius 3 is 2.85 bits per heavy atom. The number of fused-ring (bicyclic) bond motifs is 2. The first-order valence-corrected chi connectivity index (χ1v) is 8.86. The summed E-state index contributed by atoms with van der Waals surface area (Å²) in [4.78, 5) is 17.3. The van der Waals surface area contributed by atoms with E-state index in [4.69, 9.17) is 0 Å². The van der Waals surface area contributed by atoms with Gasteiger partial charge in [0.15, 0.2) is 0 Å². The Morgan fingerprint density at radius 2 is 2.12 bits per heavy atom. The number of aromatic nitrogens is 2. The fourth-order valence-electron chi connectivity index (χ4n) is 3.58. The zero-order valence-corrected chi connectivity index (χ0v) is 14.8. The lowest BCUT2D eigenvalue weighted by atomic mass is 9.98. The van der Waals surface area contributed by atoms with Crippen molar-refractivity contribution < 1.29 is 9.18 Å². The highest BCUT2D eigenvalue weighted by molar-refractivity contribution is 5.99. The molecule has 1 amide bonds. The van der Waals surface area contributed by atoms with Crippen molar-refractivity contribution in [2.24, 2.45) is 0 Å². The molecular formula is C20H21FN4O. The van der Waals surface area contributed by atoms with Gasteiger partial charge in [-0.3, -0.25) is 9.20 Å².